The summed E-state index contributed by atoms with van der Waals surface area (Å²) in [5, 5.41) is 12.3. The SMILES string of the molecule is CON=Cc1ccc(OCCC2CCCN(c3ccc(Cl)nn3)C2)cc1. The third-order valence-corrected chi connectivity index (χ3v) is 4.64. The summed E-state index contributed by atoms with van der Waals surface area (Å²) in [5.74, 6) is 2.36. The van der Waals surface area contributed by atoms with Gasteiger partial charge in [-0.15, -0.1) is 10.2 Å². The molecule has 0 N–H and O–H groups in total. The van der Waals surface area contributed by atoms with Gasteiger partial charge in [-0.25, -0.2) is 0 Å². The molecule has 0 aliphatic carbocycles. The number of halogens is 1. The highest BCUT2D eigenvalue weighted by Crippen LogP contribution is 2.24. The third kappa shape index (κ3) is 5.33. The van der Waals surface area contributed by atoms with Gasteiger partial charge in [-0.1, -0.05) is 16.8 Å². The number of anilines is 1. The maximum absolute atomic E-state index is 5.89. The minimum atomic E-state index is 0.426. The van der Waals surface area contributed by atoms with E-state index in [4.69, 9.17) is 16.3 Å². The predicted octanol–water partition coefficient (Wildman–Crippen LogP) is 3.80. The van der Waals surface area contributed by atoms with Crippen molar-refractivity contribution in [3.63, 3.8) is 0 Å². The highest BCUT2D eigenvalue weighted by molar-refractivity contribution is 6.29. The van der Waals surface area contributed by atoms with E-state index >= 15 is 0 Å². The summed E-state index contributed by atoms with van der Waals surface area (Å²) in [5.41, 5.74) is 0.978. The molecule has 7 heteroatoms. The Morgan fingerprint density at radius 1 is 1.23 bits per heavy atom. The molecule has 0 spiro atoms. The van der Waals surface area contributed by atoms with Crippen LogP contribution in [0.5, 0.6) is 5.75 Å². The summed E-state index contributed by atoms with van der Waals surface area (Å²) in [6.45, 7) is 2.70. The Morgan fingerprint density at radius 2 is 2.08 bits per heavy atom. The van der Waals surface area contributed by atoms with Crippen molar-refractivity contribution >= 4 is 23.6 Å². The summed E-state index contributed by atoms with van der Waals surface area (Å²) >= 11 is 5.82. The second-order valence-corrected chi connectivity index (χ2v) is 6.68. The van der Waals surface area contributed by atoms with E-state index in [-0.39, 0.29) is 0 Å². The maximum atomic E-state index is 5.89. The van der Waals surface area contributed by atoms with Crippen molar-refractivity contribution in [3.05, 3.63) is 47.1 Å². The standard InChI is InChI=1S/C19H23ClN4O2/c1-25-21-13-15-4-6-17(7-5-15)26-12-10-16-3-2-11-24(14-16)19-9-8-18(20)22-23-19/h4-9,13,16H,2-3,10-12,14H2,1H3. The molecule has 26 heavy (non-hydrogen) atoms. The summed E-state index contributed by atoms with van der Waals surface area (Å²) in [6, 6.07) is 11.5. The van der Waals surface area contributed by atoms with Crippen molar-refractivity contribution < 1.29 is 9.57 Å². The van der Waals surface area contributed by atoms with E-state index in [1.165, 1.54) is 13.5 Å². The summed E-state index contributed by atoms with van der Waals surface area (Å²) in [6.07, 6.45) is 5.06. The molecular formula is C19H23ClN4O2. The van der Waals surface area contributed by atoms with E-state index in [1.807, 2.05) is 30.3 Å². The lowest BCUT2D eigenvalue weighted by Gasteiger charge is -2.33. The number of nitrogens with zero attached hydrogens (tertiary/aromatic N) is 4. The van der Waals surface area contributed by atoms with Crippen LogP contribution in [0, 0.1) is 5.92 Å². The van der Waals surface area contributed by atoms with Crippen LogP contribution in [0.25, 0.3) is 0 Å². The van der Waals surface area contributed by atoms with Crippen LogP contribution in [0.3, 0.4) is 0 Å². The zero-order valence-electron chi connectivity index (χ0n) is 14.8. The first kappa shape index (κ1) is 18.5. The second-order valence-electron chi connectivity index (χ2n) is 6.29. The van der Waals surface area contributed by atoms with E-state index in [0.29, 0.717) is 17.7 Å². The molecule has 0 saturated carbocycles. The lowest BCUT2D eigenvalue weighted by Crippen LogP contribution is -2.36. The normalized spacial score (nSPS) is 17.5. The van der Waals surface area contributed by atoms with E-state index < -0.39 is 0 Å². The number of piperidine rings is 1. The number of hydrogen-bond donors (Lipinski definition) is 0. The molecule has 138 valence electrons. The lowest BCUT2D eigenvalue weighted by molar-refractivity contribution is 0.215. The molecule has 6 nitrogen and oxygen atoms in total. The first-order valence-corrected chi connectivity index (χ1v) is 9.16. The highest BCUT2D eigenvalue weighted by Gasteiger charge is 2.21. The topological polar surface area (TPSA) is 59.8 Å². The molecule has 0 radical (unpaired) electrons. The minimum Gasteiger partial charge on any atom is -0.494 e. The Hall–Kier alpha value is -2.34. The van der Waals surface area contributed by atoms with Crippen LogP contribution in [-0.4, -0.2) is 43.2 Å². The number of ether oxygens (including phenoxy) is 1. The number of oxime groups is 1. The molecule has 1 atom stereocenters. The van der Waals surface area contributed by atoms with Gasteiger partial charge < -0.3 is 14.5 Å². The summed E-state index contributed by atoms with van der Waals surface area (Å²) < 4.78 is 5.89. The molecule has 3 rings (SSSR count). The van der Waals surface area contributed by atoms with E-state index in [1.54, 1.807) is 12.3 Å². The fourth-order valence-electron chi connectivity index (χ4n) is 3.09. The molecule has 1 aliphatic rings. The van der Waals surface area contributed by atoms with E-state index in [2.05, 4.69) is 25.1 Å². The first-order valence-electron chi connectivity index (χ1n) is 8.78. The molecule has 1 unspecified atom stereocenters. The number of aromatic nitrogens is 2. The molecule has 2 aromatic rings. The van der Waals surface area contributed by atoms with Crippen molar-refractivity contribution in [1.29, 1.82) is 0 Å². The molecular weight excluding hydrogens is 352 g/mol. The van der Waals surface area contributed by atoms with Gasteiger partial charge in [-0.3, -0.25) is 0 Å². The summed E-state index contributed by atoms with van der Waals surface area (Å²) in [4.78, 5) is 6.95. The van der Waals surface area contributed by atoms with Gasteiger partial charge in [0.25, 0.3) is 0 Å². The van der Waals surface area contributed by atoms with Crippen molar-refractivity contribution in [2.24, 2.45) is 11.1 Å². The van der Waals surface area contributed by atoms with Gasteiger partial charge in [0.2, 0.25) is 0 Å². The fourth-order valence-corrected chi connectivity index (χ4v) is 3.19. The van der Waals surface area contributed by atoms with Gasteiger partial charge in [0.15, 0.2) is 11.0 Å². The first-order chi connectivity index (χ1) is 12.7. The molecule has 2 heterocycles. The van der Waals surface area contributed by atoms with Crippen LogP contribution in [0.2, 0.25) is 5.15 Å². The molecule has 1 fully saturated rings. The van der Waals surface area contributed by atoms with Gasteiger partial charge >= 0.3 is 0 Å². The highest BCUT2D eigenvalue weighted by atomic mass is 35.5. The van der Waals surface area contributed by atoms with Crippen molar-refractivity contribution in [2.75, 3.05) is 31.7 Å². The number of rotatable bonds is 7. The quantitative estimate of drug-likeness (QED) is 0.545. The van der Waals surface area contributed by atoms with Crippen molar-refractivity contribution in [2.45, 2.75) is 19.3 Å². The Balaban J connectivity index is 1.45. The van der Waals surface area contributed by atoms with Crippen LogP contribution < -0.4 is 9.64 Å². The van der Waals surface area contributed by atoms with Crippen LogP contribution in [-0.2, 0) is 4.84 Å². The minimum absolute atomic E-state index is 0.426. The zero-order chi connectivity index (χ0) is 18.2. The van der Waals surface area contributed by atoms with Crippen LogP contribution in [0.4, 0.5) is 5.82 Å². The average molecular weight is 375 g/mol. The number of hydrogen-bond acceptors (Lipinski definition) is 6. The van der Waals surface area contributed by atoms with Crippen LogP contribution in [0.15, 0.2) is 41.6 Å². The molecule has 0 bridgehead atoms. The van der Waals surface area contributed by atoms with Crippen molar-refractivity contribution in [1.82, 2.24) is 10.2 Å². The van der Waals surface area contributed by atoms with Crippen molar-refractivity contribution in [3.8, 4) is 5.75 Å². The van der Waals surface area contributed by atoms with Gasteiger partial charge in [0.1, 0.15) is 12.9 Å². The van der Waals surface area contributed by atoms with Gasteiger partial charge in [0.05, 0.1) is 12.8 Å². The Bertz CT molecular complexity index is 706. The van der Waals surface area contributed by atoms with E-state index in [9.17, 15) is 0 Å². The molecule has 1 aliphatic heterocycles. The molecule has 0 amide bonds. The maximum Gasteiger partial charge on any atom is 0.151 e. The fraction of sp³-hybridized carbons (Fsp3) is 0.421. The van der Waals surface area contributed by atoms with Gasteiger partial charge in [0, 0.05) is 13.1 Å². The van der Waals surface area contributed by atoms with Gasteiger partial charge in [-0.05, 0) is 67.1 Å². The van der Waals surface area contributed by atoms with Gasteiger partial charge in [-0.2, -0.15) is 0 Å². The molecule has 1 saturated heterocycles. The smallest absolute Gasteiger partial charge is 0.151 e. The zero-order valence-corrected chi connectivity index (χ0v) is 15.6. The average Bonchev–Trinajstić information content (AvgIpc) is 2.68. The largest absolute Gasteiger partial charge is 0.494 e. The second kappa shape index (κ2) is 9.38. The van der Waals surface area contributed by atoms with E-state index in [0.717, 1.165) is 43.1 Å². The lowest BCUT2D eigenvalue weighted by atomic mass is 9.95. The number of benzene rings is 1. The Kier molecular flexibility index (Phi) is 6.66. The predicted molar refractivity (Wildman–Crippen MR) is 103 cm³/mol. The Morgan fingerprint density at radius 3 is 2.81 bits per heavy atom. The monoisotopic (exact) mass is 374 g/mol. The van der Waals surface area contributed by atoms with Crippen LogP contribution in [0.1, 0.15) is 24.8 Å². The third-order valence-electron chi connectivity index (χ3n) is 4.44. The molecule has 1 aromatic heterocycles. The van der Waals surface area contributed by atoms with Crippen LogP contribution >= 0.6 is 11.6 Å². The molecule has 1 aromatic carbocycles. The summed E-state index contributed by atoms with van der Waals surface area (Å²) in [7, 11) is 1.53. The Labute approximate surface area is 158 Å².